The SMILES string of the molecule is COc1ccc(S(=O)(=O)N(C)CC(=O)N[C@H](C)c2cccc(Br)c2)cc1Cl. The minimum absolute atomic E-state index is 0.0105. The number of sulfonamides is 1. The van der Waals surface area contributed by atoms with Crippen LogP contribution in [0.5, 0.6) is 5.75 Å². The van der Waals surface area contributed by atoms with Crippen LogP contribution in [-0.2, 0) is 14.8 Å². The van der Waals surface area contributed by atoms with Crippen LogP contribution in [0.4, 0.5) is 0 Å². The second kappa shape index (κ2) is 9.05. The molecule has 0 radical (unpaired) electrons. The van der Waals surface area contributed by atoms with Gasteiger partial charge in [-0.15, -0.1) is 0 Å². The van der Waals surface area contributed by atoms with Crippen LogP contribution in [-0.4, -0.2) is 39.3 Å². The first kappa shape index (κ1) is 21.7. The number of likely N-dealkylation sites (N-methyl/N-ethyl adjacent to an activating group) is 1. The summed E-state index contributed by atoms with van der Waals surface area (Å²) in [7, 11) is -1.08. The highest BCUT2D eigenvalue weighted by Gasteiger charge is 2.24. The van der Waals surface area contributed by atoms with E-state index in [0.29, 0.717) is 5.75 Å². The van der Waals surface area contributed by atoms with Crippen molar-refractivity contribution in [2.24, 2.45) is 0 Å². The summed E-state index contributed by atoms with van der Waals surface area (Å²) < 4.78 is 32.2. The number of carbonyl (C=O) groups is 1. The van der Waals surface area contributed by atoms with Gasteiger partial charge in [-0.05, 0) is 42.8 Å². The summed E-state index contributed by atoms with van der Waals surface area (Å²) in [6, 6.07) is 11.4. The second-order valence-corrected chi connectivity index (χ2v) is 9.27. The summed E-state index contributed by atoms with van der Waals surface area (Å²) in [4.78, 5) is 12.3. The molecule has 0 spiro atoms. The Hall–Kier alpha value is -1.61. The first-order valence-corrected chi connectivity index (χ1v) is 10.6. The van der Waals surface area contributed by atoms with E-state index in [1.807, 2.05) is 31.2 Å². The van der Waals surface area contributed by atoms with Crippen molar-refractivity contribution in [3.05, 3.63) is 57.5 Å². The van der Waals surface area contributed by atoms with Crippen molar-refractivity contribution in [3.8, 4) is 5.75 Å². The fourth-order valence-electron chi connectivity index (χ4n) is 2.42. The third-order valence-electron chi connectivity index (χ3n) is 3.92. The van der Waals surface area contributed by atoms with Crippen molar-refractivity contribution >= 4 is 43.5 Å². The van der Waals surface area contributed by atoms with Crippen molar-refractivity contribution in [2.75, 3.05) is 20.7 Å². The number of methoxy groups -OCH3 is 1. The summed E-state index contributed by atoms with van der Waals surface area (Å²) in [5, 5.41) is 2.98. The zero-order valence-electron chi connectivity index (χ0n) is 15.1. The van der Waals surface area contributed by atoms with Crippen LogP contribution >= 0.6 is 27.5 Å². The van der Waals surface area contributed by atoms with E-state index in [1.165, 1.54) is 32.4 Å². The number of carbonyl (C=O) groups excluding carboxylic acids is 1. The molecule has 0 fully saturated rings. The van der Waals surface area contributed by atoms with Gasteiger partial charge in [-0.25, -0.2) is 8.42 Å². The molecule has 9 heteroatoms. The van der Waals surface area contributed by atoms with Gasteiger partial charge >= 0.3 is 0 Å². The van der Waals surface area contributed by atoms with Crippen molar-refractivity contribution < 1.29 is 17.9 Å². The number of amides is 1. The number of halogens is 2. The zero-order valence-corrected chi connectivity index (χ0v) is 18.2. The molecule has 1 N–H and O–H groups in total. The number of hydrogen-bond acceptors (Lipinski definition) is 4. The fourth-order valence-corrected chi connectivity index (χ4v) is 4.31. The third-order valence-corrected chi connectivity index (χ3v) is 6.51. The number of hydrogen-bond donors (Lipinski definition) is 1. The third kappa shape index (κ3) is 5.44. The molecule has 27 heavy (non-hydrogen) atoms. The molecule has 0 saturated carbocycles. The van der Waals surface area contributed by atoms with E-state index in [4.69, 9.17) is 16.3 Å². The predicted molar refractivity (Wildman–Crippen MR) is 109 cm³/mol. The molecule has 6 nitrogen and oxygen atoms in total. The molecular weight excluding hydrogens is 456 g/mol. The topological polar surface area (TPSA) is 75.7 Å². The Morgan fingerprint density at radius 2 is 2.00 bits per heavy atom. The van der Waals surface area contributed by atoms with Crippen LogP contribution in [0.3, 0.4) is 0 Å². The average Bonchev–Trinajstić information content (AvgIpc) is 2.61. The Morgan fingerprint density at radius 3 is 2.59 bits per heavy atom. The van der Waals surface area contributed by atoms with Gasteiger partial charge in [-0.3, -0.25) is 4.79 Å². The average molecular weight is 476 g/mol. The molecular formula is C18H20BrClN2O4S. The lowest BCUT2D eigenvalue weighted by Crippen LogP contribution is -2.39. The van der Waals surface area contributed by atoms with E-state index < -0.39 is 15.9 Å². The molecule has 0 aromatic heterocycles. The first-order valence-electron chi connectivity index (χ1n) is 8.00. The van der Waals surface area contributed by atoms with Crippen molar-refractivity contribution in [2.45, 2.75) is 17.9 Å². The van der Waals surface area contributed by atoms with Gasteiger partial charge < -0.3 is 10.1 Å². The summed E-state index contributed by atoms with van der Waals surface area (Å²) in [6.07, 6.45) is 0. The van der Waals surface area contributed by atoms with E-state index in [1.54, 1.807) is 0 Å². The highest BCUT2D eigenvalue weighted by Crippen LogP contribution is 2.28. The molecule has 2 rings (SSSR count). The number of nitrogens with one attached hydrogen (secondary N) is 1. The lowest BCUT2D eigenvalue weighted by atomic mass is 10.1. The predicted octanol–water partition coefficient (Wildman–Crippen LogP) is 3.61. The molecule has 0 aliphatic rings. The number of rotatable bonds is 7. The van der Waals surface area contributed by atoms with Gasteiger partial charge in [-0.2, -0.15) is 4.31 Å². The Morgan fingerprint density at radius 1 is 1.30 bits per heavy atom. The highest BCUT2D eigenvalue weighted by molar-refractivity contribution is 9.10. The standard InChI is InChI=1S/C18H20BrClN2O4S/c1-12(13-5-4-6-14(19)9-13)21-18(23)11-22(2)27(24,25)15-7-8-17(26-3)16(20)10-15/h4-10,12H,11H2,1-3H3,(H,21,23)/t12-/m1/s1. The Balaban J connectivity index is 2.07. The molecule has 1 amide bonds. The maximum Gasteiger partial charge on any atom is 0.243 e. The summed E-state index contributed by atoms with van der Waals surface area (Å²) in [6.45, 7) is 1.52. The van der Waals surface area contributed by atoms with Gasteiger partial charge in [0.25, 0.3) is 0 Å². The first-order chi connectivity index (χ1) is 12.6. The van der Waals surface area contributed by atoms with Gasteiger partial charge in [-0.1, -0.05) is 39.7 Å². The minimum atomic E-state index is -3.86. The molecule has 0 unspecified atom stereocenters. The van der Waals surface area contributed by atoms with Gasteiger partial charge in [0, 0.05) is 11.5 Å². The smallest absolute Gasteiger partial charge is 0.243 e. The Bertz CT molecular complexity index is 937. The number of ether oxygens (including phenoxy) is 1. The van der Waals surface area contributed by atoms with E-state index in [0.717, 1.165) is 14.3 Å². The maximum absolute atomic E-state index is 12.7. The number of benzene rings is 2. The fraction of sp³-hybridized carbons (Fsp3) is 0.278. The van der Waals surface area contributed by atoms with E-state index in [-0.39, 0.29) is 22.5 Å². The van der Waals surface area contributed by atoms with Crippen LogP contribution in [0.15, 0.2) is 51.8 Å². The second-order valence-electron chi connectivity index (χ2n) is 5.90. The summed E-state index contributed by atoms with van der Waals surface area (Å²) in [5.74, 6) is -0.0352. The number of nitrogens with zero attached hydrogens (tertiary/aromatic N) is 1. The molecule has 1 atom stereocenters. The largest absolute Gasteiger partial charge is 0.495 e. The minimum Gasteiger partial charge on any atom is -0.495 e. The molecule has 146 valence electrons. The van der Waals surface area contributed by atoms with Crippen LogP contribution < -0.4 is 10.1 Å². The van der Waals surface area contributed by atoms with Crippen molar-refractivity contribution in [1.29, 1.82) is 0 Å². The molecule has 2 aromatic carbocycles. The quantitative estimate of drug-likeness (QED) is 0.664. The van der Waals surface area contributed by atoms with Gasteiger partial charge in [0.1, 0.15) is 5.75 Å². The van der Waals surface area contributed by atoms with E-state index >= 15 is 0 Å². The molecule has 0 bridgehead atoms. The van der Waals surface area contributed by atoms with E-state index in [9.17, 15) is 13.2 Å². The monoisotopic (exact) mass is 474 g/mol. The molecule has 0 aliphatic heterocycles. The zero-order chi connectivity index (χ0) is 20.2. The highest BCUT2D eigenvalue weighted by atomic mass is 79.9. The van der Waals surface area contributed by atoms with Crippen LogP contribution in [0.25, 0.3) is 0 Å². The summed E-state index contributed by atoms with van der Waals surface area (Å²) >= 11 is 9.39. The van der Waals surface area contributed by atoms with Crippen LogP contribution in [0.1, 0.15) is 18.5 Å². The maximum atomic E-state index is 12.7. The summed E-state index contributed by atoms with van der Waals surface area (Å²) in [5.41, 5.74) is 0.908. The van der Waals surface area contributed by atoms with Gasteiger partial charge in [0.05, 0.1) is 29.6 Å². The lowest BCUT2D eigenvalue weighted by Gasteiger charge is -2.20. The van der Waals surface area contributed by atoms with Crippen LogP contribution in [0.2, 0.25) is 5.02 Å². The van der Waals surface area contributed by atoms with Crippen LogP contribution in [0, 0.1) is 0 Å². The molecule has 2 aromatic rings. The van der Waals surface area contributed by atoms with E-state index in [2.05, 4.69) is 21.2 Å². The molecule has 0 aliphatic carbocycles. The Labute approximate surface area is 172 Å². The van der Waals surface area contributed by atoms with Crippen molar-refractivity contribution in [1.82, 2.24) is 9.62 Å². The Kier molecular flexibility index (Phi) is 7.27. The normalized spacial score (nSPS) is 12.7. The molecule has 0 heterocycles. The molecule has 0 saturated heterocycles. The lowest BCUT2D eigenvalue weighted by molar-refractivity contribution is -0.121. The van der Waals surface area contributed by atoms with Gasteiger partial charge in [0.15, 0.2) is 0 Å². The van der Waals surface area contributed by atoms with Crippen molar-refractivity contribution in [3.63, 3.8) is 0 Å². The van der Waals surface area contributed by atoms with Gasteiger partial charge in [0.2, 0.25) is 15.9 Å².